The Hall–Kier alpha value is -1.88. The van der Waals surface area contributed by atoms with Crippen LogP contribution in [-0.4, -0.2) is 24.1 Å². The Kier molecular flexibility index (Phi) is 4.39. The summed E-state index contributed by atoms with van der Waals surface area (Å²) in [6, 6.07) is 4.76. The average Bonchev–Trinajstić information content (AvgIpc) is 3.22. The zero-order valence-electron chi connectivity index (χ0n) is 11.7. The molecule has 1 amide bonds. The highest BCUT2D eigenvalue weighted by Gasteiger charge is 2.32. The molecule has 1 aromatic carbocycles. The third-order valence-electron chi connectivity index (χ3n) is 3.56. The number of nitrogens with one attached hydrogen (secondary N) is 1. The Labute approximate surface area is 117 Å². The molecule has 5 heteroatoms. The van der Waals surface area contributed by atoms with Gasteiger partial charge < -0.3 is 15.2 Å². The number of hydrogen-bond acceptors (Lipinski definition) is 3. The predicted molar refractivity (Wildman–Crippen MR) is 74.6 cm³/mol. The van der Waals surface area contributed by atoms with Crippen LogP contribution in [0.15, 0.2) is 18.2 Å². The van der Waals surface area contributed by atoms with Gasteiger partial charge in [-0.05, 0) is 42.5 Å². The summed E-state index contributed by atoms with van der Waals surface area (Å²) in [5.74, 6) is -0.641. The van der Waals surface area contributed by atoms with Crippen molar-refractivity contribution in [3.63, 3.8) is 0 Å². The third kappa shape index (κ3) is 3.57. The molecule has 0 saturated heterocycles. The molecule has 5 nitrogen and oxygen atoms in total. The van der Waals surface area contributed by atoms with Crippen LogP contribution in [0.5, 0.6) is 0 Å². The molecule has 2 N–H and O–H groups in total. The molecule has 1 aliphatic rings. The fourth-order valence-electron chi connectivity index (χ4n) is 2.20. The number of ether oxygens (including phenoxy) is 1. The van der Waals surface area contributed by atoms with E-state index in [4.69, 9.17) is 9.84 Å². The summed E-state index contributed by atoms with van der Waals surface area (Å²) in [6.45, 7) is 2.21. The van der Waals surface area contributed by atoms with Gasteiger partial charge in [0, 0.05) is 18.7 Å². The van der Waals surface area contributed by atoms with Crippen molar-refractivity contribution in [2.24, 2.45) is 11.8 Å². The Morgan fingerprint density at radius 3 is 2.65 bits per heavy atom. The first-order valence-corrected chi connectivity index (χ1v) is 6.68. The lowest BCUT2D eigenvalue weighted by Crippen LogP contribution is -2.22. The monoisotopic (exact) mass is 277 g/mol. The molecule has 1 fully saturated rings. The number of benzene rings is 1. The summed E-state index contributed by atoms with van der Waals surface area (Å²) < 4.78 is 5.01. The standard InChI is InChI=1S/C15H19NO4/c1-9(11-3-4-11)14(17)16-13-6-10(8-20-2)5-12(7-13)15(18)19/h5-7,9,11H,3-4,8H2,1-2H3,(H,16,17)(H,18,19). The summed E-state index contributed by atoms with van der Waals surface area (Å²) in [4.78, 5) is 23.1. The topological polar surface area (TPSA) is 75.6 Å². The Morgan fingerprint density at radius 2 is 2.10 bits per heavy atom. The number of aromatic carboxylic acids is 1. The summed E-state index contributed by atoms with van der Waals surface area (Å²) in [5.41, 5.74) is 1.38. The van der Waals surface area contributed by atoms with E-state index >= 15 is 0 Å². The number of methoxy groups -OCH3 is 1. The molecule has 0 spiro atoms. The first-order valence-electron chi connectivity index (χ1n) is 6.68. The minimum atomic E-state index is -1.02. The predicted octanol–water partition coefficient (Wildman–Crippen LogP) is 2.52. The Balaban J connectivity index is 2.16. The van der Waals surface area contributed by atoms with Crippen LogP contribution in [0.3, 0.4) is 0 Å². The van der Waals surface area contributed by atoms with Gasteiger partial charge in [-0.15, -0.1) is 0 Å². The average molecular weight is 277 g/mol. The summed E-state index contributed by atoms with van der Waals surface area (Å²) in [7, 11) is 1.54. The van der Waals surface area contributed by atoms with Crippen molar-refractivity contribution in [2.75, 3.05) is 12.4 Å². The van der Waals surface area contributed by atoms with Crippen molar-refractivity contribution in [2.45, 2.75) is 26.4 Å². The molecule has 1 saturated carbocycles. The van der Waals surface area contributed by atoms with Crippen LogP contribution < -0.4 is 5.32 Å². The van der Waals surface area contributed by atoms with Crippen LogP contribution >= 0.6 is 0 Å². The number of carbonyl (C=O) groups is 2. The third-order valence-corrected chi connectivity index (χ3v) is 3.56. The van der Waals surface area contributed by atoms with E-state index in [9.17, 15) is 9.59 Å². The van der Waals surface area contributed by atoms with E-state index in [1.807, 2.05) is 6.92 Å². The van der Waals surface area contributed by atoms with Crippen molar-refractivity contribution < 1.29 is 19.4 Å². The van der Waals surface area contributed by atoms with Crippen molar-refractivity contribution in [1.82, 2.24) is 0 Å². The maximum Gasteiger partial charge on any atom is 0.335 e. The van der Waals surface area contributed by atoms with Crippen LogP contribution in [0.25, 0.3) is 0 Å². The highest BCUT2D eigenvalue weighted by molar-refractivity contribution is 5.95. The fraction of sp³-hybridized carbons (Fsp3) is 0.467. The summed E-state index contributed by atoms with van der Waals surface area (Å²) >= 11 is 0. The molecule has 0 radical (unpaired) electrons. The van der Waals surface area contributed by atoms with E-state index in [-0.39, 0.29) is 17.4 Å². The molecule has 1 unspecified atom stereocenters. The van der Waals surface area contributed by atoms with Gasteiger partial charge in [-0.2, -0.15) is 0 Å². The van der Waals surface area contributed by atoms with E-state index in [2.05, 4.69) is 5.32 Å². The summed E-state index contributed by atoms with van der Waals surface area (Å²) in [5, 5.41) is 11.9. The zero-order valence-corrected chi connectivity index (χ0v) is 11.7. The van der Waals surface area contributed by atoms with Gasteiger partial charge in [-0.1, -0.05) is 6.92 Å². The molecule has 0 aromatic heterocycles. The second-order valence-electron chi connectivity index (χ2n) is 5.27. The molecular formula is C15H19NO4. The number of carbonyl (C=O) groups excluding carboxylic acids is 1. The van der Waals surface area contributed by atoms with Gasteiger partial charge in [0.15, 0.2) is 0 Å². The maximum atomic E-state index is 12.1. The molecule has 1 aliphatic carbocycles. The van der Waals surface area contributed by atoms with Gasteiger partial charge in [0.05, 0.1) is 12.2 Å². The number of hydrogen-bond donors (Lipinski definition) is 2. The SMILES string of the molecule is COCc1cc(NC(=O)C(C)C2CC2)cc(C(=O)O)c1. The first kappa shape index (κ1) is 14.5. The first-order chi connectivity index (χ1) is 9.51. The highest BCUT2D eigenvalue weighted by Crippen LogP contribution is 2.37. The van der Waals surface area contributed by atoms with Crippen molar-refractivity contribution >= 4 is 17.6 Å². The van der Waals surface area contributed by atoms with E-state index < -0.39 is 5.97 Å². The smallest absolute Gasteiger partial charge is 0.335 e. The number of rotatable bonds is 6. The Bertz CT molecular complexity index is 523. The van der Waals surface area contributed by atoms with Gasteiger partial charge in [-0.25, -0.2) is 4.79 Å². The van der Waals surface area contributed by atoms with E-state index in [1.54, 1.807) is 19.2 Å². The van der Waals surface area contributed by atoms with Crippen LogP contribution in [0.2, 0.25) is 0 Å². The van der Waals surface area contributed by atoms with Crippen LogP contribution in [-0.2, 0) is 16.1 Å². The van der Waals surface area contributed by atoms with Gasteiger partial charge in [-0.3, -0.25) is 4.79 Å². The number of carboxylic acids is 1. The minimum Gasteiger partial charge on any atom is -0.478 e. The molecule has 0 heterocycles. The molecule has 20 heavy (non-hydrogen) atoms. The van der Waals surface area contributed by atoms with Crippen LogP contribution in [0, 0.1) is 11.8 Å². The molecule has 0 aliphatic heterocycles. The molecule has 108 valence electrons. The molecule has 2 rings (SSSR count). The lowest BCUT2D eigenvalue weighted by Gasteiger charge is -2.13. The Morgan fingerprint density at radius 1 is 1.40 bits per heavy atom. The van der Waals surface area contributed by atoms with Crippen molar-refractivity contribution in [3.8, 4) is 0 Å². The quantitative estimate of drug-likeness (QED) is 0.837. The van der Waals surface area contributed by atoms with E-state index in [0.717, 1.165) is 18.4 Å². The number of carboxylic acid groups (broad SMARTS) is 1. The second kappa shape index (κ2) is 6.05. The van der Waals surface area contributed by atoms with Gasteiger partial charge >= 0.3 is 5.97 Å². The normalized spacial score (nSPS) is 15.7. The molecular weight excluding hydrogens is 258 g/mol. The fourth-order valence-corrected chi connectivity index (χ4v) is 2.20. The van der Waals surface area contributed by atoms with E-state index in [1.165, 1.54) is 6.07 Å². The summed E-state index contributed by atoms with van der Waals surface area (Å²) in [6.07, 6.45) is 2.19. The van der Waals surface area contributed by atoms with E-state index in [0.29, 0.717) is 18.2 Å². The molecule has 1 atom stereocenters. The van der Waals surface area contributed by atoms with Crippen molar-refractivity contribution in [1.29, 1.82) is 0 Å². The van der Waals surface area contributed by atoms with Gasteiger partial charge in [0.1, 0.15) is 0 Å². The van der Waals surface area contributed by atoms with Gasteiger partial charge in [0.2, 0.25) is 5.91 Å². The van der Waals surface area contributed by atoms with Crippen LogP contribution in [0.4, 0.5) is 5.69 Å². The maximum absolute atomic E-state index is 12.1. The zero-order chi connectivity index (χ0) is 14.7. The minimum absolute atomic E-state index is 0.0330. The highest BCUT2D eigenvalue weighted by atomic mass is 16.5. The largest absolute Gasteiger partial charge is 0.478 e. The van der Waals surface area contributed by atoms with Crippen molar-refractivity contribution in [3.05, 3.63) is 29.3 Å². The number of amides is 1. The molecule has 1 aromatic rings. The van der Waals surface area contributed by atoms with Gasteiger partial charge in [0.25, 0.3) is 0 Å². The molecule has 0 bridgehead atoms. The lowest BCUT2D eigenvalue weighted by molar-refractivity contribution is -0.119. The number of anilines is 1. The van der Waals surface area contributed by atoms with Crippen LogP contribution in [0.1, 0.15) is 35.7 Å². The lowest BCUT2D eigenvalue weighted by atomic mass is 10.0. The second-order valence-corrected chi connectivity index (χ2v) is 5.27.